The number of rotatable bonds is 8. The number of amidine groups is 2. The molecule has 3 aromatic carbocycles. The number of aliphatic imine (C=N–C) groups is 2. The molecule has 0 spiro atoms. The van der Waals surface area contributed by atoms with Crippen LogP contribution in [0, 0.1) is 6.92 Å². The van der Waals surface area contributed by atoms with Crippen LogP contribution in [0.15, 0.2) is 88.8 Å². The van der Waals surface area contributed by atoms with Gasteiger partial charge in [-0.05, 0) is 42.7 Å². The number of carbonyl (C=O) groups excluding carboxylic acids is 3. The van der Waals surface area contributed by atoms with Gasteiger partial charge in [0.2, 0.25) is 11.8 Å². The molecule has 5 rings (SSSR count). The Kier molecular flexibility index (Phi) is 7.65. The van der Waals surface area contributed by atoms with Gasteiger partial charge in [-0.25, -0.2) is 9.89 Å². The minimum absolute atomic E-state index is 0.0823. The Labute approximate surface area is 225 Å². The Morgan fingerprint density at radius 3 is 2.50 bits per heavy atom. The van der Waals surface area contributed by atoms with E-state index >= 15 is 0 Å². The molecule has 0 fully saturated rings. The standard InChI is InChI=1S/C29H27N5O3S/c1-19-9-5-7-13-22(19)31-26(36)18-38-29-33-23-14-8-6-12-21(23)27-32-24(28(37)34(27)29)15-16-25(35)30-17-20-10-3-2-4-11-20/h2-14,24H,15-18H2,1H3,(H,30,35)(H,31,36). The molecule has 0 saturated heterocycles. The zero-order valence-electron chi connectivity index (χ0n) is 20.9. The molecule has 0 saturated carbocycles. The van der Waals surface area contributed by atoms with E-state index < -0.39 is 6.04 Å². The second kappa shape index (κ2) is 11.4. The van der Waals surface area contributed by atoms with E-state index in [1.54, 1.807) is 0 Å². The summed E-state index contributed by atoms with van der Waals surface area (Å²) in [7, 11) is 0. The van der Waals surface area contributed by atoms with E-state index in [1.807, 2.05) is 85.8 Å². The molecule has 0 bridgehead atoms. The SMILES string of the molecule is Cc1ccccc1NC(=O)CSC1=Nc2ccccc2C2=NC(CCC(=O)NCc3ccccc3)C(=O)N12. The van der Waals surface area contributed by atoms with E-state index in [1.165, 1.54) is 16.7 Å². The Morgan fingerprint density at radius 1 is 0.947 bits per heavy atom. The van der Waals surface area contributed by atoms with Gasteiger partial charge in [-0.1, -0.05) is 72.4 Å². The number of carbonyl (C=O) groups is 3. The second-order valence-corrected chi connectivity index (χ2v) is 9.95. The number of fused-ring (bicyclic) bond motifs is 3. The molecule has 3 amide bonds. The molecule has 2 aliphatic heterocycles. The van der Waals surface area contributed by atoms with E-state index in [9.17, 15) is 14.4 Å². The van der Waals surface area contributed by atoms with Gasteiger partial charge in [-0.2, -0.15) is 0 Å². The maximum atomic E-state index is 13.4. The van der Waals surface area contributed by atoms with Gasteiger partial charge in [0.05, 0.1) is 11.4 Å². The zero-order chi connectivity index (χ0) is 26.5. The second-order valence-electron chi connectivity index (χ2n) is 9.01. The van der Waals surface area contributed by atoms with Gasteiger partial charge in [0.25, 0.3) is 5.91 Å². The molecular weight excluding hydrogens is 498 g/mol. The number of nitrogens with zero attached hydrogens (tertiary/aromatic N) is 3. The number of hydrogen-bond acceptors (Lipinski definition) is 6. The number of nitrogens with one attached hydrogen (secondary N) is 2. The average molecular weight is 526 g/mol. The molecule has 38 heavy (non-hydrogen) atoms. The van der Waals surface area contributed by atoms with Crippen molar-refractivity contribution in [2.24, 2.45) is 9.98 Å². The van der Waals surface area contributed by atoms with Crippen LogP contribution in [0.1, 0.15) is 29.5 Å². The quantitative estimate of drug-likeness (QED) is 0.454. The molecule has 2 heterocycles. The van der Waals surface area contributed by atoms with Crippen molar-refractivity contribution in [3.8, 4) is 0 Å². The fourth-order valence-electron chi connectivity index (χ4n) is 4.27. The minimum atomic E-state index is -0.690. The molecule has 0 radical (unpaired) electrons. The van der Waals surface area contributed by atoms with Crippen LogP contribution in [0.2, 0.25) is 0 Å². The summed E-state index contributed by atoms with van der Waals surface area (Å²) in [5, 5.41) is 6.22. The normalized spacial score (nSPS) is 15.8. The van der Waals surface area contributed by atoms with Gasteiger partial charge in [-0.15, -0.1) is 0 Å². The van der Waals surface area contributed by atoms with Gasteiger partial charge in [0.15, 0.2) is 5.17 Å². The molecule has 1 atom stereocenters. The third-order valence-corrected chi connectivity index (χ3v) is 7.22. The maximum absolute atomic E-state index is 13.4. The highest BCUT2D eigenvalue weighted by molar-refractivity contribution is 8.14. The maximum Gasteiger partial charge on any atom is 0.259 e. The van der Waals surface area contributed by atoms with Crippen LogP contribution in [-0.4, -0.2) is 45.4 Å². The monoisotopic (exact) mass is 525 g/mol. The minimum Gasteiger partial charge on any atom is -0.352 e. The van der Waals surface area contributed by atoms with E-state index in [0.717, 1.165) is 22.4 Å². The lowest BCUT2D eigenvalue weighted by atomic mass is 10.1. The van der Waals surface area contributed by atoms with E-state index in [0.29, 0.717) is 23.2 Å². The Morgan fingerprint density at radius 2 is 1.68 bits per heavy atom. The molecule has 0 aliphatic carbocycles. The van der Waals surface area contributed by atoms with Gasteiger partial charge < -0.3 is 10.6 Å². The van der Waals surface area contributed by atoms with Crippen LogP contribution < -0.4 is 10.6 Å². The summed E-state index contributed by atoms with van der Waals surface area (Å²) < 4.78 is 0. The van der Waals surface area contributed by atoms with Gasteiger partial charge >= 0.3 is 0 Å². The smallest absolute Gasteiger partial charge is 0.259 e. The summed E-state index contributed by atoms with van der Waals surface area (Å²) >= 11 is 1.19. The van der Waals surface area contributed by atoms with Gasteiger partial charge in [0, 0.05) is 24.2 Å². The zero-order valence-corrected chi connectivity index (χ0v) is 21.7. The number of anilines is 1. The number of hydrogen-bond donors (Lipinski definition) is 2. The first-order chi connectivity index (χ1) is 18.5. The first-order valence-electron chi connectivity index (χ1n) is 12.4. The fourth-order valence-corrected chi connectivity index (χ4v) is 5.07. The predicted octanol–water partition coefficient (Wildman–Crippen LogP) is 4.42. The Balaban J connectivity index is 1.25. The number of aryl methyl sites for hydroxylation is 1. The predicted molar refractivity (Wildman–Crippen MR) is 150 cm³/mol. The number of para-hydroxylation sites is 2. The van der Waals surface area contributed by atoms with Crippen LogP contribution in [0.5, 0.6) is 0 Å². The van der Waals surface area contributed by atoms with E-state index in [2.05, 4.69) is 15.6 Å². The molecule has 1 unspecified atom stereocenters. The lowest BCUT2D eigenvalue weighted by molar-refractivity contribution is -0.125. The van der Waals surface area contributed by atoms with Crippen LogP contribution in [0.25, 0.3) is 0 Å². The summed E-state index contributed by atoms with van der Waals surface area (Å²) in [5.74, 6) is 0.0257. The van der Waals surface area contributed by atoms with Crippen LogP contribution in [0.3, 0.4) is 0 Å². The summed E-state index contributed by atoms with van der Waals surface area (Å²) in [6.07, 6.45) is 0.460. The van der Waals surface area contributed by atoms with Crippen LogP contribution >= 0.6 is 11.8 Å². The Bertz CT molecular complexity index is 1440. The van der Waals surface area contributed by atoms with Crippen LogP contribution in [0.4, 0.5) is 11.4 Å². The van der Waals surface area contributed by atoms with Crippen molar-refractivity contribution >= 4 is 51.9 Å². The summed E-state index contributed by atoms with van der Waals surface area (Å²) in [6.45, 7) is 2.36. The number of benzene rings is 3. The third-order valence-electron chi connectivity index (χ3n) is 6.28. The summed E-state index contributed by atoms with van der Waals surface area (Å²) in [6, 6.07) is 24.0. The van der Waals surface area contributed by atoms with Crippen molar-refractivity contribution in [3.05, 3.63) is 95.6 Å². The molecule has 3 aromatic rings. The third kappa shape index (κ3) is 5.68. The van der Waals surface area contributed by atoms with Crippen molar-refractivity contribution in [2.45, 2.75) is 32.4 Å². The average Bonchev–Trinajstić information content (AvgIpc) is 3.27. The topological polar surface area (TPSA) is 103 Å². The van der Waals surface area contributed by atoms with Crippen molar-refractivity contribution in [2.75, 3.05) is 11.1 Å². The van der Waals surface area contributed by atoms with Crippen LogP contribution in [-0.2, 0) is 20.9 Å². The van der Waals surface area contributed by atoms with Crippen molar-refractivity contribution in [3.63, 3.8) is 0 Å². The molecule has 2 N–H and O–H groups in total. The summed E-state index contributed by atoms with van der Waals surface area (Å²) in [5.41, 5.74) is 4.17. The molecule has 192 valence electrons. The van der Waals surface area contributed by atoms with E-state index in [-0.39, 0.29) is 36.3 Å². The molecule has 0 aromatic heterocycles. The van der Waals surface area contributed by atoms with Gasteiger partial charge in [-0.3, -0.25) is 19.4 Å². The molecular formula is C29H27N5O3S. The molecule has 8 nitrogen and oxygen atoms in total. The highest BCUT2D eigenvalue weighted by Crippen LogP contribution is 2.34. The molecule has 2 aliphatic rings. The first-order valence-corrected chi connectivity index (χ1v) is 13.4. The Hall–Kier alpha value is -4.24. The van der Waals surface area contributed by atoms with Crippen molar-refractivity contribution in [1.82, 2.24) is 10.2 Å². The number of thioether (sulfide) groups is 1. The highest BCUT2D eigenvalue weighted by atomic mass is 32.2. The van der Waals surface area contributed by atoms with Crippen molar-refractivity contribution in [1.29, 1.82) is 0 Å². The fraction of sp³-hybridized carbons (Fsp3) is 0.207. The van der Waals surface area contributed by atoms with Gasteiger partial charge in [0.1, 0.15) is 11.9 Å². The lowest BCUT2D eigenvalue weighted by Crippen LogP contribution is -2.41. The van der Waals surface area contributed by atoms with Crippen molar-refractivity contribution < 1.29 is 14.4 Å². The molecule has 9 heteroatoms. The number of amides is 3. The lowest BCUT2D eigenvalue weighted by Gasteiger charge is -2.25. The highest BCUT2D eigenvalue weighted by Gasteiger charge is 2.41. The van der Waals surface area contributed by atoms with E-state index in [4.69, 9.17) is 4.99 Å². The summed E-state index contributed by atoms with van der Waals surface area (Å²) in [4.78, 5) is 49.4. The largest absolute Gasteiger partial charge is 0.352 e. The first kappa shape index (κ1) is 25.4.